The summed E-state index contributed by atoms with van der Waals surface area (Å²) in [6.07, 6.45) is 9.64. The number of esters is 2. The normalized spacial score (nSPS) is 37.6. The zero-order valence-corrected chi connectivity index (χ0v) is 25.9. The van der Waals surface area contributed by atoms with E-state index in [1.54, 1.807) is 0 Å². The van der Waals surface area contributed by atoms with E-state index in [0.29, 0.717) is 36.0 Å². The molecule has 0 amide bonds. The van der Waals surface area contributed by atoms with Gasteiger partial charge in [-0.3, -0.25) is 9.59 Å². The van der Waals surface area contributed by atoms with Crippen LogP contribution in [0.3, 0.4) is 0 Å². The van der Waals surface area contributed by atoms with Gasteiger partial charge in [-0.05, 0) is 98.7 Å². The monoisotopic (exact) mass is 566 g/mol. The summed E-state index contributed by atoms with van der Waals surface area (Å²) < 4.78 is 17.4. The minimum absolute atomic E-state index is 0.0336. The van der Waals surface area contributed by atoms with Gasteiger partial charge in [-0.25, -0.2) is 0 Å². The minimum atomic E-state index is -0.973. The van der Waals surface area contributed by atoms with Crippen molar-refractivity contribution in [3.63, 3.8) is 0 Å². The van der Waals surface area contributed by atoms with Crippen LogP contribution in [0.1, 0.15) is 103 Å². The molecule has 10 unspecified atom stereocenters. The number of allylic oxidation sites excluding steroid dienone is 2. The maximum absolute atomic E-state index is 11.9. The number of ether oxygens (including phenoxy) is 3. The highest BCUT2D eigenvalue weighted by Crippen LogP contribution is 2.67. The number of aliphatic hydroxyl groups excluding tert-OH is 1. The third kappa shape index (κ3) is 5.76. The van der Waals surface area contributed by atoms with Crippen LogP contribution in [-0.4, -0.2) is 36.4 Å². The van der Waals surface area contributed by atoms with E-state index < -0.39 is 6.29 Å². The molecule has 0 aromatic heterocycles. The molecule has 6 heteroatoms. The van der Waals surface area contributed by atoms with Crippen LogP contribution >= 0.6 is 0 Å². The first-order valence-corrected chi connectivity index (χ1v) is 15.8. The van der Waals surface area contributed by atoms with Crippen LogP contribution in [0.2, 0.25) is 0 Å². The van der Waals surface area contributed by atoms with Crippen LogP contribution in [-0.2, 0) is 23.8 Å². The molecule has 10 atom stereocenters. The number of aryl methyl sites for hydroxylation is 1. The van der Waals surface area contributed by atoms with Crippen molar-refractivity contribution in [3.05, 3.63) is 47.0 Å². The molecule has 0 bridgehead atoms. The topological polar surface area (TPSA) is 82.1 Å². The number of aliphatic hydroxyl groups is 1. The van der Waals surface area contributed by atoms with Crippen LogP contribution in [0.15, 0.2) is 35.9 Å². The summed E-state index contributed by atoms with van der Waals surface area (Å²) >= 11 is 0. The molecule has 0 radical (unpaired) electrons. The van der Waals surface area contributed by atoms with Gasteiger partial charge in [-0.2, -0.15) is 0 Å². The number of fused-ring (bicyclic) bond motifs is 5. The van der Waals surface area contributed by atoms with Crippen molar-refractivity contribution >= 4 is 11.9 Å². The summed E-state index contributed by atoms with van der Waals surface area (Å²) in [4.78, 5) is 23.7. The van der Waals surface area contributed by atoms with Gasteiger partial charge >= 0.3 is 11.9 Å². The Morgan fingerprint density at radius 1 is 1.12 bits per heavy atom. The van der Waals surface area contributed by atoms with Crippen molar-refractivity contribution in [2.45, 2.75) is 111 Å². The molecule has 6 nitrogen and oxygen atoms in total. The fourth-order valence-electron chi connectivity index (χ4n) is 9.67. The quantitative estimate of drug-likeness (QED) is 0.206. The second-order valence-corrected chi connectivity index (χ2v) is 14.0. The van der Waals surface area contributed by atoms with Crippen LogP contribution in [0, 0.1) is 47.3 Å². The molecule has 1 aromatic carbocycles. The highest BCUT2D eigenvalue weighted by Gasteiger charge is 2.62. The van der Waals surface area contributed by atoms with Gasteiger partial charge in [0, 0.05) is 18.9 Å². The van der Waals surface area contributed by atoms with E-state index in [-0.39, 0.29) is 35.0 Å². The molecule has 0 spiro atoms. The first-order valence-electron chi connectivity index (χ1n) is 15.8. The number of hydrogen-bond donors (Lipinski definition) is 1. The van der Waals surface area contributed by atoms with Crippen molar-refractivity contribution in [2.75, 3.05) is 7.11 Å². The third-order valence-electron chi connectivity index (χ3n) is 11.8. The highest BCUT2D eigenvalue weighted by atomic mass is 16.6. The molecule has 5 rings (SSSR count). The van der Waals surface area contributed by atoms with Crippen molar-refractivity contribution in [3.8, 4) is 0 Å². The SMILES string of the molecule is COC(=O)CCC(C)C1=CCC2C3C(OC(O)c4cccc(C)c4)CC4CC(OC(C)=O)CCC4(C)C3CCC12C. The lowest BCUT2D eigenvalue weighted by molar-refractivity contribution is -0.231. The lowest BCUT2D eigenvalue weighted by Crippen LogP contribution is -2.59. The summed E-state index contributed by atoms with van der Waals surface area (Å²) in [7, 11) is 1.46. The summed E-state index contributed by atoms with van der Waals surface area (Å²) in [5, 5.41) is 11.4. The summed E-state index contributed by atoms with van der Waals surface area (Å²) in [6, 6.07) is 7.97. The molecule has 1 N–H and O–H groups in total. The zero-order chi connectivity index (χ0) is 29.5. The van der Waals surface area contributed by atoms with Crippen molar-refractivity contribution in [2.24, 2.45) is 40.4 Å². The predicted molar refractivity (Wildman–Crippen MR) is 158 cm³/mol. The Morgan fingerprint density at radius 2 is 1.90 bits per heavy atom. The molecule has 4 aliphatic carbocycles. The maximum atomic E-state index is 11.9. The largest absolute Gasteiger partial charge is 0.469 e. The van der Waals surface area contributed by atoms with E-state index in [2.05, 4.69) is 26.8 Å². The van der Waals surface area contributed by atoms with E-state index in [9.17, 15) is 14.7 Å². The number of carbonyl (C=O) groups is 2. The van der Waals surface area contributed by atoms with Crippen molar-refractivity contribution in [1.29, 1.82) is 0 Å². The Labute approximate surface area is 246 Å². The summed E-state index contributed by atoms with van der Waals surface area (Å²) in [5.74, 6) is 1.63. The van der Waals surface area contributed by atoms with Gasteiger partial charge < -0.3 is 19.3 Å². The Bertz CT molecular complexity index is 1160. The molecule has 0 saturated heterocycles. The molecule has 226 valence electrons. The van der Waals surface area contributed by atoms with Gasteiger partial charge in [-0.1, -0.05) is 62.2 Å². The lowest BCUT2D eigenvalue weighted by Gasteiger charge is -2.63. The smallest absolute Gasteiger partial charge is 0.305 e. The maximum Gasteiger partial charge on any atom is 0.305 e. The van der Waals surface area contributed by atoms with Crippen molar-refractivity contribution < 1.29 is 28.9 Å². The first kappa shape index (κ1) is 30.3. The average Bonchev–Trinajstić information content (AvgIpc) is 3.29. The zero-order valence-electron chi connectivity index (χ0n) is 25.9. The molecule has 0 aliphatic heterocycles. The van der Waals surface area contributed by atoms with Crippen LogP contribution in [0.4, 0.5) is 0 Å². The second-order valence-electron chi connectivity index (χ2n) is 14.0. The molecule has 0 heterocycles. The van der Waals surface area contributed by atoms with Gasteiger partial charge in [-0.15, -0.1) is 0 Å². The number of hydrogen-bond acceptors (Lipinski definition) is 6. The standard InChI is InChI=1S/C35H50O6/c1-21-8-7-9-24(18-21)33(38)41-30-20-25-19-26(40-23(3)36)14-16-34(25,4)29-15-17-35(5)27(11-12-28(35)32(29)30)22(2)10-13-31(37)39-6/h7-9,11,18,22,25-26,28-30,32-33,38H,10,12-17,19-20H2,1-6H3. The fourth-order valence-corrected chi connectivity index (χ4v) is 9.67. The predicted octanol–water partition coefficient (Wildman–Crippen LogP) is 7.08. The Balaban J connectivity index is 1.43. The third-order valence-corrected chi connectivity index (χ3v) is 11.8. The number of carbonyl (C=O) groups excluding carboxylic acids is 2. The van der Waals surface area contributed by atoms with Gasteiger partial charge in [0.1, 0.15) is 6.10 Å². The Morgan fingerprint density at radius 3 is 2.61 bits per heavy atom. The Hall–Kier alpha value is -2.18. The fraction of sp³-hybridized carbons (Fsp3) is 0.714. The lowest BCUT2D eigenvalue weighted by atomic mass is 9.43. The molecule has 1 aromatic rings. The van der Waals surface area contributed by atoms with Crippen molar-refractivity contribution in [1.82, 2.24) is 0 Å². The van der Waals surface area contributed by atoms with Crippen LogP contribution in [0.5, 0.6) is 0 Å². The number of benzene rings is 1. The van der Waals surface area contributed by atoms with Crippen LogP contribution in [0.25, 0.3) is 0 Å². The molecule has 3 fully saturated rings. The van der Waals surface area contributed by atoms with E-state index >= 15 is 0 Å². The Kier molecular flexibility index (Phi) is 8.74. The molecular weight excluding hydrogens is 516 g/mol. The molecular formula is C35H50O6. The van der Waals surface area contributed by atoms with Gasteiger partial charge in [0.05, 0.1) is 13.2 Å². The highest BCUT2D eigenvalue weighted by molar-refractivity contribution is 5.69. The number of rotatable bonds is 8. The van der Waals surface area contributed by atoms with Gasteiger partial charge in [0.15, 0.2) is 6.29 Å². The molecule has 41 heavy (non-hydrogen) atoms. The first-order chi connectivity index (χ1) is 19.5. The van der Waals surface area contributed by atoms with E-state index in [1.165, 1.54) is 19.6 Å². The number of methoxy groups -OCH3 is 1. The summed E-state index contributed by atoms with van der Waals surface area (Å²) in [5.41, 5.74) is 3.62. The van der Waals surface area contributed by atoms with Gasteiger partial charge in [0.25, 0.3) is 0 Å². The minimum Gasteiger partial charge on any atom is -0.469 e. The van der Waals surface area contributed by atoms with Gasteiger partial charge in [0.2, 0.25) is 0 Å². The summed E-state index contributed by atoms with van der Waals surface area (Å²) in [6.45, 7) is 10.7. The van der Waals surface area contributed by atoms with E-state index in [1.807, 2.05) is 31.2 Å². The average molecular weight is 567 g/mol. The van der Waals surface area contributed by atoms with E-state index in [4.69, 9.17) is 14.2 Å². The second kappa shape index (κ2) is 11.8. The van der Waals surface area contributed by atoms with E-state index in [0.717, 1.165) is 62.5 Å². The molecule has 3 saturated carbocycles. The molecule has 4 aliphatic rings. The van der Waals surface area contributed by atoms with Crippen LogP contribution < -0.4 is 0 Å².